The molecular weight excluding hydrogens is 278 g/mol. The van der Waals surface area contributed by atoms with Gasteiger partial charge in [0.25, 0.3) is 0 Å². The Morgan fingerprint density at radius 1 is 1.35 bits per heavy atom. The average Bonchev–Trinajstić information content (AvgIpc) is 2.36. The summed E-state index contributed by atoms with van der Waals surface area (Å²) in [6.07, 6.45) is 1.07. The molecule has 0 unspecified atom stereocenters. The maximum atomic E-state index is 12.3. The first-order valence-corrected chi connectivity index (χ1v) is 8.07. The zero-order chi connectivity index (χ0) is 15.6. The second kappa shape index (κ2) is 5.83. The van der Waals surface area contributed by atoms with Gasteiger partial charge in [-0.25, -0.2) is 8.42 Å². The van der Waals surface area contributed by atoms with Crippen molar-refractivity contribution in [1.82, 2.24) is 4.90 Å². The molecular formula is C14H21NO4S. The molecule has 1 aromatic carbocycles. The fraction of sp³-hybridized carbons (Fsp3) is 0.500. The summed E-state index contributed by atoms with van der Waals surface area (Å²) < 4.78 is 27.1. The largest absolute Gasteiger partial charge is 0.497 e. The molecule has 1 aromatic rings. The maximum absolute atomic E-state index is 12.3. The summed E-state index contributed by atoms with van der Waals surface area (Å²) in [6.45, 7) is 3.18. The molecule has 112 valence electrons. The quantitative estimate of drug-likeness (QED) is 0.826. The fourth-order valence-electron chi connectivity index (χ4n) is 1.73. The summed E-state index contributed by atoms with van der Waals surface area (Å²) in [5.74, 6) is 0.272. The Bertz CT molecular complexity index is 593. The fourth-order valence-corrected chi connectivity index (χ4v) is 2.21. The van der Waals surface area contributed by atoms with E-state index >= 15 is 0 Å². The van der Waals surface area contributed by atoms with Gasteiger partial charge in [0.2, 0.25) is 5.91 Å². The molecule has 20 heavy (non-hydrogen) atoms. The lowest BCUT2D eigenvalue weighted by Gasteiger charge is -2.28. The van der Waals surface area contributed by atoms with Crippen LogP contribution in [0.2, 0.25) is 0 Å². The van der Waals surface area contributed by atoms with Crippen molar-refractivity contribution in [3.05, 3.63) is 29.8 Å². The highest BCUT2D eigenvalue weighted by Gasteiger charge is 2.40. The highest BCUT2D eigenvalue weighted by molar-refractivity contribution is 7.92. The first kappa shape index (κ1) is 16.5. The molecule has 0 fully saturated rings. The zero-order valence-electron chi connectivity index (χ0n) is 12.5. The van der Waals surface area contributed by atoms with Crippen LogP contribution in [0.25, 0.3) is 0 Å². The first-order valence-electron chi connectivity index (χ1n) is 6.17. The van der Waals surface area contributed by atoms with Gasteiger partial charge < -0.3 is 9.64 Å². The third kappa shape index (κ3) is 3.50. The van der Waals surface area contributed by atoms with Crippen LogP contribution >= 0.6 is 0 Å². The van der Waals surface area contributed by atoms with Crippen LogP contribution in [0.1, 0.15) is 19.4 Å². The summed E-state index contributed by atoms with van der Waals surface area (Å²) in [5.41, 5.74) is 0.879. The van der Waals surface area contributed by atoms with Crippen molar-refractivity contribution >= 4 is 15.7 Å². The summed E-state index contributed by atoms with van der Waals surface area (Å²) >= 11 is 0. The van der Waals surface area contributed by atoms with Crippen LogP contribution in [0, 0.1) is 0 Å². The van der Waals surface area contributed by atoms with Crippen LogP contribution in [0.5, 0.6) is 5.75 Å². The Balaban J connectivity index is 2.91. The van der Waals surface area contributed by atoms with E-state index in [2.05, 4.69) is 0 Å². The van der Waals surface area contributed by atoms with E-state index in [1.54, 1.807) is 14.2 Å². The smallest absolute Gasteiger partial charge is 0.243 e. The van der Waals surface area contributed by atoms with Crippen molar-refractivity contribution in [2.45, 2.75) is 25.1 Å². The van der Waals surface area contributed by atoms with Gasteiger partial charge in [-0.3, -0.25) is 4.79 Å². The van der Waals surface area contributed by atoms with Gasteiger partial charge in [0.15, 0.2) is 9.84 Å². The van der Waals surface area contributed by atoms with Crippen molar-refractivity contribution in [3.8, 4) is 5.75 Å². The molecule has 0 aliphatic carbocycles. The maximum Gasteiger partial charge on any atom is 0.243 e. The molecule has 0 saturated carbocycles. The molecule has 0 heterocycles. The number of ether oxygens (including phenoxy) is 1. The van der Waals surface area contributed by atoms with E-state index < -0.39 is 20.5 Å². The summed E-state index contributed by atoms with van der Waals surface area (Å²) in [4.78, 5) is 13.7. The summed E-state index contributed by atoms with van der Waals surface area (Å²) in [7, 11) is -0.305. The average molecular weight is 299 g/mol. The molecule has 5 nitrogen and oxygen atoms in total. The van der Waals surface area contributed by atoms with Crippen LogP contribution < -0.4 is 4.74 Å². The Morgan fingerprint density at radius 3 is 2.45 bits per heavy atom. The van der Waals surface area contributed by atoms with E-state index in [9.17, 15) is 13.2 Å². The van der Waals surface area contributed by atoms with E-state index in [0.29, 0.717) is 12.3 Å². The molecule has 0 N–H and O–H groups in total. The molecule has 0 radical (unpaired) electrons. The number of hydrogen-bond donors (Lipinski definition) is 0. The van der Waals surface area contributed by atoms with Crippen LogP contribution in [0.15, 0.2) is 24.3 Å². The summed E-state index contributed by atoms with van der Waals surface area (Å²) in [5, 5.41) is 0. The third-order valence-electron chi connectivity index (χ3n) is 3.34. The Hall–Kier alpha value is -1.56. The topological polar surface area (TPSA) is 63.7 Å². The number of amides is 1. The lowest BCUT2D eigenvalue weighted by Crippen LogP contribution is -2.47. The van der Waals surface area contributed by atoms with E-state index in [0.717, 1.165) is 11.8 Å². The van der Waals surface area contributed by atoms with Crippen molar-refractivity contribution in [3.63, 3.8) is 0 Å². The highest BCUT2D eigenvalue weighted by Crippen LogP contribution is 2.20. The van der Waals surface area contributed by atoms with Gasteiger partial charge in [0.05, 0.1) is 7.11 Å². The molecule has 1 amide bonds. The standard InChI is InChI=1S/C14H21NO4S/c1-14(2,20(5,17)18)13(16)15(3)10-11-7-6-8-12(9-11)19-4/h6-9H,10H2,1-5H3. The molecule has 0 aliphatic rings. The van der Waals surface area contributed by atoms with Crippen LogP contribution in [0.4, 0.5) is 0 Å². The van der Waals surface area contributed by atoms with Gasteiger partial charge in [-0.15, -0.1) is 0 Å². The Morgan fingerprint density at radius 2 is 1.95 bits per heavy atom. The van der Waals surface area contributed by atoms with E-state index in [-0.39, 0.29) is 0 Å². The molecule has 6 heteroatoms. The number of methoxy groups -OCH3 is 1. The number of sulfone groups is 1. The molecule has 0 saturated heterocycles. The van der Waals surface area contributed by atoms with Crippen molar-refractivity contribution in [2.24, 2.45) is 0 Å². The number of hydrogen-bond acceptors (Lipinski definition) is 4. The minimum absolute atomic E-state index is 0.328. The molecule has 0 aliphatic heterocycles. The Labute approximate surface area is 120 Å². The number of carbonyl (C=O) groups is 1. The molecule has 0 aromatic heterocycles. The molecule has 1 rings (SSSR count). The monoisotopic (exact) mass is 299 g/mol. The normalized spacial score (nSPS) is 12.1. The predicted octanol–water partition coefficient (Wildman–Crippen LogP) is 1.48. The van der Waals surface area contributed by atoms with Gasteiger partial charge in [0, 0.05) is 19.8 Å². The predicted molar refractivity (Wildman–Crippen MR) is 78.4 cm³/mol. The zero-order valence-corrected chi connectivity index (χ0v) is 13.3. The minimum atomic E-state index is -3.47. The van der Waals surface area contributed by atoms with Crippen LogP contribution in [-0.4, -0.2) is 44.4 Å². The molecule has 0 bridgehead atoms. The van der Waals surface area contributed by atoms with Gasteiger partial charge in [-0.2, -0.15) is 0 Å². The van der Waals surface area contributed by atoms with Crippen molar-refractivity contribution in [1.29, 1.82) is 0 Å². The van der Waals surface area contributed by atoms with Gasteiger partial charge >= 0.3 is 0 Å². The van der Waals surface area contributed by atoms with Gasteiger partial charge in [0.1, 0.15) is 10.5 Å². The second-order valence-electron chi connectivity index (χ2n) is 5.30. The van der Waals surface area contributed by atoms with E-state index in [1.807, 2.05) is 24.3 Å². The Kier molecular flexibility index (Phi) is 4.81. The van der Waals surface area contributed by atoms with E-state index in [1.165, 1.54) is 18.7 Å². The molecule has 0 atom stereocenters. The number of carbonyl (C=O) groups excluding carboxylic acids is 1. The first-order chi connectivity index (χ1) is 9.09. The van der Waals surface area contributed by atoms with Gasteiger partial charge in [-0.1, -0.05) is 12.1 Å². The SMILES string of the molecule is COc1cccc(CN(C)C(=O)C(C)(C)S(C)(=O)=O)c1. The van der Waals surface area contributed by atoms with Crippen LogP contribution in [0.3, 0.4) is 0 Å². The number of benzene rings is 1. The van der Waals surface area contributed by atoms with E-state index in [4.69, 9.17) is 4.74 Å². The highest BCUT2D eigenvalue weighted by atomic mass is 32.2. The van der Waals surface area contributed by atoms with Crippen molar-refractivity contribution < 1.29 is 17.9 Å². The molecule has 0 spiro atoms. The number of rotatable bonds is 5. The lowest BCUT2D eigenvalue weighted by atomic mass is 10.1. The second-order valence-corrected chi connectivity index (χ2v) is 7.86. The lowest BCUT2D eigenvalue weighted by molar-refractivity contribution is -0.132. The van der Waals surface area contributed by atoms with Crippen molar-refractivity contribution in [2.75, 3.05) is 20.4 Å². The summed E-state index contributed by atoms with van der Waals surface area (Å²) in [6, 6.07) is 7.32. The van der Waals surface area contributed by atoms with Gasteiger partial charge in [-0.05, 0) is 31.5 Å². The number of nitrogens with zero attached hydrogens (tertiary/aromatic N) is 1. The minimum Gasteiger partial charge on any atom is -0.497 e. The van der Waals surface area contributed by atoms with Crippen LogP contribution in [-0.2, 0) is 21.2 Å². The third-order valence-corrected chi connectivity index (χ3v) is 5.37.